The molecule has 0 aliphatic carbocycles. The van der Waals surface area contributed by atoms with Crippen LogP contribution in [0.2, 0.25) is 0 Å². The third kappa shape index (κ3) is 6.90. The van der Waals surface area contributed by atoms with Gasteiger partial charge in [0.25, 0.3) is 11.7 Å². The van der Waals surface area contributed by atoms with Crippen molar-refractivity contribution in [3.63, 3.8) is 0 Å². The van der Waals surface area contributed by atoms with E-state index in [1.165, 1.54) is 0 Å². The van der Waals surface area contributed by atoms with Crippen LogP contribution in [0.25, 0.3) is 5.76 Å². The maximum Gasteiger partial charge on any atom is 0.295 e. The van der Waals surface area contributed by atoms with E-state index in [0.29, 0.717) is 67.8 Å². The maximum atomic E-state index is 13.6. The molecule has 0 spiro atoms. The van der Waals surface area contributed by atoms with Crippen LogP contribution in [0.15, 0.2) is 72.3 Å². The van der Waals surface area contributed by atoms with E-state index >= 15 is 0 Å². The summed E-state index contributed by atoms with van der Waals surface area (Å²) in [6.45, 7) is 8.76. The average Bonchev–Trinajstić information content (AvgIpc) is 3.30. The van der Waals surface area contributed by atoms with E-state index in [1.807, 2.05) is 56.3 Å². The van der Waals surface area contributed by atoms with Gasteiger partial charge in [0.1, 0.15) is 18.1 Å². The molecule has 232 valence electrons. The first-order chi connectivity index (χ1) is 21.4. The summed E-state index contributed by atoms with van der Waals surface area (Å²) < 4.78 is 22.7. The van der Waals surface area contributed by atoms with Crippen LogP contribution in [0.3, 0.4) is 0 Å². The number of hydrogen-bond donors (Lipinski definition) is 1. The molecule has 44 heavy (non-hydrogen) atoms. The molecule has 3 aromatic rings. The number of nitrogens with zero attached hydrogens (tertiary/aromatic N) is 2. The van der Waals surface area contributed by atoms with Crippen LogP contribution in [-0.4, -0.2) is 79.7 Å². The number of aliphatic hydroxyl groups is 1. The molecule has 2 aliphatic rings. The molecule has 2 heterocycles. The summed E-state index contributed by atoms with van der Waals surface area (Å²) in [5.41, 5.74) is 2.92. The number of ether oxygens (including phenoxy) is 4. The van der Waals surface area contributed by atoms with Gasteiger partial charge >= 0.3 is 0 Å². The summed E-state index contributed by atoms with van der Waals surface area (Å²) in [7, 11) is 1.55. The quantitative estimate of drug-likeness (QED) is 0.174. The van der Waals surface area contributed by atoms with Crippen LogP contribution in [0, 0.1) is 6.92 Å². The van der Waals surface area contributed by atoms with Crippen LogP contribution in [0.5, 0.6) is 17.2 Å². The van der Waals surface area contributed by atoms with Crippen molar-refractivity contribution in [1.82, 2.24) is 9.80 Å². The number of likely N-dealkylation sites (tertiary alicyclic amines) is 1. The molecular formula is C35H40N2O7. The molecule has 1 atom stereocenters. The summed E-state index contributed by atoms with van der Waals surface area (Å²) in [6, 6.07) is 19.7. The molecule has 0 aromatic heterocycles. The van der Waals surface area contributed by atoms with Crippen molar-refractivity contribution in [2.45, 2.75) is 32.9 Å². The van der Waals surface area contributed by atoms with Gasteiger partial charge in [-0.1, -0.05) is 36.4 Å². The second-order valence-corrected chi connectivity index (χ2v) is 10.9. The first kappa shape index (κ1) is 31.1. The lowest BCUT2D eigenvalue weighted by Gasteiger charge is -2.29. The van der Waals surface area contributed by atoms with E-state index < -0.39 is 17.7 Å². The Morgan fingerprint density at radius 1 is 0.955 bits per heavy atom. The highest BCUT2D eigenvalue weighted by Gasteiger charge is 2.46. The van der Waals surface area contributed by atoms with Crippen molar-refractivity contribution in [3.05, 3.63) is 94.6 Å². The fourth-order valence-corrected chi connectivity index (χ4v) is 5.75. The second-order valence-electron chi connectivity index (χ2n) is 10.9. The Morgan fingerprint density at radius 2 is 1.73 bits per heavy atom. The van der Waals surface area contributed by atoms with Gasteiger partial charge in [0.15, 0.2) is 11.5 Å². The lowest BCUT2D eigenvalue weighted by atomic mass is 9.93. The smallest absolute Gasteiger partial charge is 0.295 e. The number of benzene rings is 3. The predicted octanol–water partition coefficient (Wildman–Crippen LogP) is 5.13. The zero-order chi connectivity index (χ0) is 31.1. The normalized spacial score (nSPS) is 18.4. The second kappa shape index (κ2) is 14.4. The van der Waals surface area contributed by atoms with E-state index in [1.54, 1.807) is 36.3 Å². The minimum Gasteiger partial charge on any atom is -0.507 e. The van der Waals surface area contributed by atoms with Crippen molar-refractivity contribution >= 4 is 17.4 Å². The SMILES string of the molecule is CCOc1ccc([C@@H]2C(=C(O)c3ccc(OCc4ccccc4)cc3C)C(=O)C(=O)N2CCCN2CCOCC2)cc1OC. The van der Waals surface area contributed by atoms with E-state index in [-0.39, 0.29) is 11.3 Å². The Bertz CT molecular complexity index is 1500. The zero-order valence-corrected chi connectivity index (χ0v) is 25.6. The fraction of sp³-hybridized carbons (Fsp3) is 0.371. The summed E-state index contributed by atoms with van der Waals surface area (Å²) in [5, 5.41) is 11.7. The fourth-order valence-electron chi connectivity index (χ4n) is 5.75. The number of carbonyl (C=O) groups is 2. The molecule has 9 heteroatoms. The van der Waals surface area contributed by atoms with Gasteiger partial charge in [-0.25, -0.2) is 0 Å². The molecule has 2 fully saturated rings. The average molecular weight is 601 g/mol. The number of amides is 1. The number of aryl methyl sites for hydroxylation is 1. The molecule has 3 aromatic carbocycles. The molecule has 2 aliphatic heterocycles. The van der Waals surface area contributed by atoms with Crippen molar-refractivity contribution < 1.29 is 33.6 Å². The number of aliphatic hydroxyl groups excluding tert-OH is 1. The number of hydrogen-bond acceptors (Lipinski definition) is 8. The Morgan fingerprint density at radius 3 is 2.43 bits per heavy atom. The molecule has 9 nitrogen and oxygen atoms in total. The highest BCUT2D eigenvalue weighted by Crippen LogP contribution is 2.42. The number of Topliss-reactive ketones (excluding diaryl/α,β-unsaturated/α-hetero) is 1. The van der Waals surface area contributed by atoms with Crippen molar-refractivity contribution in [2.24, 2.45) is 0 Å². The lowest BCUT2D eigenvalue weighted by Crippen LogP contribution is -2.39. The van der Waals surface area contributed by atoms with Gasteiger partial charge in [0, 0.05) is 31.7 Å². The van der Waals surface area contributed by atoms with Crippen LogP contribution in [0.1, 0.15) is 41.6 Å². The van der Waals surface area contributed by atoms with E-state index in [4.69, 9.17) is 18.9 Å². The van der Waals surface area contributed by atoms with Crippen LogP contribution in [-0.2, 0) is 20.9 Å². The van der Waals surface area contributed by atoms with Crippen molar-refractivity contribution in [2.75, 3.05) is 53.1 Å². The first-order valence-corrected chi connectivity index (χ1v) is 15.1. The van der Waals surface area contributed by atoms with Crippen molar-refractivity contribution in [3.8, 4) is 17.2 Å². The zero-order valence-electron chi connectivity index (χ0n) is 25.6. The standard InChI is InChI=1S/C35H40N2O7/c1-4-43-29-14-11-26(22-30(29)41-3)32-31(34(39)35(40)37(32)16-8-15-36-17-19-42-20-18-36)33(38)28-13-12-27(21-24(28)2)44-23-25-9-6-5-7-10-25/h5-7,9-14,21-22,32,38H,4,8,15-20,23H2,1-3H3/t32-/m1/s1. The maximum absolute atomic E-state index is 13.6. The molecule has 2 saturated heterocycles. The van der Waals surface area contributed by atoms with Crippen molar-refractivity contribution in [1.29, 1.82) is 0 Å². The van der Waals surface area contributed by atoms with Crippen LogP contribution in [0.4, 0.5) is 0 Å². The highest BCUT2D eigenvalue weighted by atomic mass is 16.5. The highest BCUT2D eigenvalue weighted by molar-refractivity contribution is 6.46. The van der Waals surface area contributed by atoms with Gasteiger partial charge < -0.3 is 29.0 Å². The number of morpholine rings is 1. The molecule has 0 unspecified atom stereocenters. The molecular weight excluding hydrogens is 560 g/mol. The number of rotatable bonds is 12. The Labute approximate surface area is 258 Å². The monoisotopic (exact) mass is 600 g/mol. The predicted molar refractivity (Wildman–Crippen MR) is 167 cm³/mol. The molecule has 0 radical (unpaired) electrons. The molecule has 0 saturated carbocycles. The van der Waals surface area contributed by atoms with Gasteiger partial charge in [0.2, 0.25) is 0 Å². The number of ketones is 1. The minimum atomic E-state index is -0.794. The third-order valence-corrected chi connectivity index (χ3v) is 8.02. The first-order valence-electron chi connectivity index (χ1n) is 15.1. The van der Waals surface area contributed by atoms with Crippen LogP contribution >= 0.6 is 0 Å². The number of carbonyl (C=O) groups excluding carboxylic acids is 2. The van der Waals surface area contributed by atoms with E-state index in [2.05, 4.69) is 4.90 Å². The van der Waals surface area contributed by atoms with E-state index in [9.17, 15) is 14.7 Å². The third-order valence-electron chi connectivity index (χ3n) is 8.02. The molecule has 1 N–H and O–H groups in total. The Balaban J connectivity index is 1.47. The lowest BCUT2D eigenvalue weighted by molar-refractivity contribution is -0.140. The topological polar surface area (TPSA) is 97.8 Å². The molecule has 1 amide bonds. The van der Waals surface area contributed by atoms with Gasteiger partial charge in [-0.3, -0.25) is 14.5 Å². The Hall–Kier alpha value is -4.34. The summed E-state index contributed by atoms with van der Waals surface area (Å²) in [4.78, 5) is 31.0. The van der Waals surface area contributed by atoms with Gasteiger partial charge in [0.05, 0.1) is 38.5 Å². The van der Waals surface area contributed by atoms with Gasteiger partial charge in [-0.05, 0) is 67.3 Å². The Kier molecular flexibility index (Phi) is 10.2. The van der Waals surface area contributed by atoms with Gasteiger partial charge in [-0.2, -0.15) is 0 Å². The summed E-state index contributed by atoms with van der Waals surface area (Å²) in [5.74, 6) is 0.120. The van der Waals surface area contributed by atoms with E-state index in [0.717, 1.165) is 30.8 Å². The van der Waals surface area contributed by atoms with Gasteiger partial charge in [-0.15, -0.1) is 0 Å². The number of methoxy groups -OCH3 is 1. The minimum absolute atomic E-state index is 0.0497. The molecule has 5 rings (SSSR count). The molecule has 0 bridgehead atoms. The summed E-state index contributed by atoms with van der Waals surface area (Å²) >= 11 is 0. The summed E-state index contributed by atoms with van der Waals surface area (Å²) in [6.07, 6.45) is 0.671. The largest absolute Gasteiger partial charge is 0.507 e. The van der Waals surface area contributed by atoms with Crippen LogP contribution < -0.4 is 14.2 Å².